The molecule has 0 spiro atoms. The molecule has 1 rings (SSSR count). The average Bonchev–Trinajstić information content (AvgIpc) is 2.28. The molecule has 1 amide bonds. The van der Waals surface area contributed by atoms with Crippen molar-refractivity contribution in [3.8, 4) is 6.07 Å². The average molecular weight is 251 g/mol. The quantitative estimate of drug-likeness (QED) is 0.774. The molecular formula is C13H15ClN2O. The van der Waals surface area contributed by atoms with Gasteiger partial charge in [-0.05, 0) is 44.5 Å². The van der Waals surface area contributed by atoms with Gasteiger partial charge in [-0.2, -0.15) is 5.26 Å². The molecule has 0 fully saturated rings. The summed E-state index contributed by atoms with van der Waals surface area (Å²) in [4.78, 5) is 13.7. The van der Waals surface area contributed by atoms with Gasteiger partial charge in [0.2, 0.25) is 0 Å². The van der Waals surface area contributed by atoms with Gasteiger partial charge in [0.15, 0.2) is 0 Å². The second-order valence-electron chi connectivity index (χ2n) is 4.15. The molecule has 0 N–H and O–H groups in total. The third-order valence-electron chi connectivity index (χ3n) is 2.53. The van der Waals surface area contributed by atoms with E-state index in [2.05, 4.69) is 0 Å². The zero-order valence-corrected chi connectivity index (χ0v) is 11.0. The number of hydrogen-bond acceptors (Lipinski definition) is 2. The van der Waals surface area contributed by atoms with Crippen LogP contribution in [0, 0.1) is 18.3 Å². The van der Waals surface area contributed by atoms with Crippen LogP contribution in [0.5, 0.6) is 0 Å². The van der Waals surface area contributed by atoms with Crippen LogP contribution < -0.4 is 0 Å². The standard InChI is InChI=1S/C13H15ClN2O/c1-9(2)16(7-6-15)13(17)11-4-5-12(14)10(3)8-11/h4-5,8-9H,7H2,1-3H3. The Balaban J connectivity index is 3.02. The van der Waals surface area contributed by atoms with Gasteiger partial charge >= 0.3 is 0 Å². The molecule has 1 aromatic carbocycles. The van der Waals surface area contributed by atoms with Crippen LogP contribution in [-0.4, -0.2) is 23.4 Å². The smallest absolute Gasteiger partial charge is 0.254 e. The van der Waals surface area contributed by atoms with Crippen molar-refractivity contribution in [1.82, 2.24) is 4.90 Å². The monoisotopic (exact) mass is 250 g/mol. The highest BCUT2D eigenvalue weighted by atomic mass is 35.5. The lowest BCUT2D eigenvalue weighted by molar-refractivity contribution is 0.0731. The molecule has 0 saturated heterocycles. The SMILES string of the molecule is Cc1cc(C(=O)N(CC#N)C(C)C)ccc1Cl. The molecule has 0 bridgehead atoms. The molecule has 1 aromatic rings. The van der Waals surface area contributed by atoms with Gasteiger partial charge in [0, 0.05) is 16.6 Å². The summed E-state index contributed by atoms with van der Waals surface area (Å²) in [5.74, 6) is -0.138. The summed E-state index contributed by atoms with van der Waals surface area (Å²) in [6.45, 7) is 5.72. The Kier molecular flexibility index (Phi) is 4.53. The molecule has 0 aromatic heterocycles. The number of halogens is 1. The fraction of sp³-hybridized carbons (Fsp3) is 0.385. The van der Waals surface area contributed by atoms with Crippen LogP contribution in [0.1, 0.15) is 29.8 Å². The second kappa shape index (κ2) is 5.70. The van der Waals surface area contributed by atoms with Gasteiger partial charge < -0.3 is 4.90 Å². The number of benzene rings is 1. The summed E-state index contributed by atoms with van der Waals surface area (Å²) in [6.07, 6.45) is 0. The Labute approximate surface area is 107 Å². The van der Waals surface area contributed by atoms with E-state index in [1.54, 1.807) is 18.2 Å². The molecule has 0 atom stereocenters. The zero-order chi connectivity index (χ0) is 13.0. The first kappa shape index (κ1) is 13.5. The van der Waals surface area contributed by atoms with Gasteiger partial charge in [0.05, 0.1) is 6.07 Å². The first-order valence-corrected chi connectivity index (χ1v) is 5.79. The highest BCUT2D eigenvalue weighted by Gasteiger charge is 2.18. The summed E-state index contributed by atoms with van der Waals surface area (Å²) in [7, 11) is 0. The molecular weight excluding hydrogens is 236 g/mol. The van der Waals surface area contributed by atoms with E-state index in [9.17, 15) is 4.79 Å². The fourth-order valence-electron chi connectivity index (χ4n) is 1.51. The van der Waals surface area contributed by atoms with Crippen molar-refractivity contribution >= 4 is 17.5 Å². The number of aryl methyl sites for hydroxylation is 1. The van der Waals surface area contributed by atoms with Crippen molar-refractivity contribution in [1.29, 1.82) is 5.26 Å². The van der Waals surface area contributed by atoms with Crippen molar-refractivity contribution in [2.75, 3.05) is 6.54 Å². The Bertz CT molecular complexity index is 463. The van der Waals surface area contributed by atoms with Crippen LogP contribution >= 0.6 is 11.6 Å². The van der Waals surface area contributed by atoms with Crippen molar-refractivity contribution in [2.24, 2.45) is 0 Å². The van der Waals surface area contributed by atoms with E-state index < -0.39 is 0 Å². The number of rotatable bonds is 3. The van der Waals surface area contributed by atoms with E-state index >= 15 is 0 Å². The fourth-order valence-corrected chi connectivity index (χ4v) is 1.63. The van der Waals surface area contributed by atoms with Crippen molar-refractivity contribution in [3.05, 3.63) is 34.3 Å². The van der Waals surface area contributed by atoms with E-state index in [1.165, 1.54) is 4.90 Å². The molecule has 0 aliphatic carbocycles. The van der Waals surface area contributed by atoms with Gasteiger partial charge in [0.25, 0.3) is 5.91 Å². The first-order chi connectivity index (χ1) is 7.97. The van der Waals surface area contributed by atoms with E-state index in [0.717, 1.165) is 5.56 Å². The van der Waals surface area contributed by atoms with Crippen molar-refractivity contribution in [2.45, 2.75) is 26.8 Å². The van der Waals surface area contributed by atoms with Crippen LogP contribution in [0.3, 0.4) is 0 Å². The lowest BCUT2D eigenvalue weighted by atomic mass is 10.1. The number of hydrogen-bond donors (Lipinski definition) is 0. The van der Waals surface area contributed by atoms with E-state index in [0.29, 0.717) is 10.6 Å². The van der Waals surface area contributed by atoms with Gasteiger partial charge in [-0.1, -0.05) is 11.6 Å². The zero-order valence-electron chi connectivity index (χ0n) is 10.2. The largest absolute Gasteiger partial charge is 0.323 e. The third kappa shape index (κ3) is 3.21. The highest BCUT2D eigenvalue weighted by molar-refractivity contribution is 6.31. The van der Waals surface area contributed by atoms with Crippen LogP contribution in [-0.2, 0) is 0 Å². The summed E-state index contributed by atoms with van der Waals surface area (Å²) in [6, 6.07) is 7.14. The Hall–Kier alpha value is -1.53. The lowest BCUT2D eigenvalue weighted by Gasteiger charge is -2.24. The van der Waals surface area contributed by atoms with E-state index in [1.807, 2.05) is 26.8 Å². The van der Waals surface area contributed by atoms with E-state index in [-0.39, 0.29) is 18.5 Å². The topological polar surface area (TPSA) is 44.1 Å². The Morgan fingerprint density at radius 3 is 2.65 bits per heavy atom. The van der Waals surface area contributed by atoms with Crippen molar-refractivity contribution < 1.29 is 4.79 Å². The second-order valence-corrected chi connectivity index (χ2v) is 4.56. The summed E-state index contributed by atoms with van der Waals surface area (Å²) in [5.41, 5.74) is 1.43. The highest BCUT2D eigenvalue weighted by Crippen LogP contribution is 2.18. The van der Waals surface area contributed by atoms with E-state index in [4.69, 9.17) is 16.9 Å². The summed E-state index contributed by atoms with van der Waals surface area (Å²) < 4.78 is 0. The van der Waals surface area contributed by atoms with Gasteiger partial charge in [-0.15, -0.1) is 0 Å². The molecule has 17 heavy (non-hydrogen) atoms. The van der Waals surface area contributed by atoms with Crippen LogP contribution in [0.15, 0.2) is 18.2 Å². The van der Waals surface area contributed by atoms with Crippen molar-refractivity contribution in [3.63, 3.8) is 0 Å². The minimum Gasteiger partial charge on any atom is -0.323 e. The van der Waals surface area contributed by atoms with Gasteiger partial charge in [-0.25, -0.2) is 0 Å². The Morgan fingerprint density at radius 1 is 1.53 bits per heavy atom. The molecule has 3 nitrogen and oxygen atoms in total. The number of nitrogens with zero attached hydrogens (tertiary/aromatic N) is 2. The molecule has 0 unspecified atom stereocenters. The molecule has 0 aliphatic rings. The Morgan fingerprint density at radius 2 is 2.18 bits per heavy atom. The molecule has 0 saturated carbocycles. The number of carbonyl (C=O) groups excluding carboxylic acids is 1. The van der Waals surface area contributed by atoms with Crippen LogP contribution in [0.2, 0.25) is 5.02 Å². The minimum atomic E-state index is -0.138. The normalized spacial score (nSPS) is 10.1. The lowest BCUT2D eigenvalue weighted by Crippen LogP contribution is -2.37. The minimum absolute atomic E-state index is 0.00173. The van der Waals surface area contributed by atoms with Crippen LogP contribution in [0.25, 0.3) is 0 Å². The molecule has 4 heteroatoms. The maximum Gasteiger partial charge on any atom is 0.254 e. The molecule has 90 valence electrons. The molecule has 0 radical (unpaired) electrons. The van der Waals surface area contributed by atoms with Crippen LogP contribution in [0.4, 0.5) is 0 Å². The third-order valence-corrected chi connectivity index (χ3v) is 2.95. The maximum absolute atomic E-state index is 12.2. The number of amides is 1. The molecule has 0 heterocycles. The maximum atomic E-state index is 12.2. The first-order valence-electron chi connectivity index (χ1n) is 5.41. The summed E-state index contributed by atoms with van der Waals surface area (Å²) >= 11 is 5.91. The number of nitriles is 1. The van der Waals surface area contributed by atoms with Gasteiger partial charge in [0.1, 0.15) is 6.54 Å². The number of carbonyl (C=O) groups is 1. The predicted molar refractivity (Wildman–Crippen MR) is 68.0 cm³/mol. The van der Waals surface area contributed by atoms with Gasteiger partial charge in [-0.3, -0.25) is 4.79 Å². The predicted octanol–water partition coefficient (Wildman–Crippen LogP) is 3.02. The molecule has 0 aliphatic heterocycles. The summed E-state index contributed by atoms with van der Waals surface area (Å²) in [5, 5.41) is 9.35.